The van der Waals surface area contributed by atoms with Gasteiger partial charge in [0.2, 0.25) is 0 Å². The van der Waals surface area contributed by atoms with Gasteiger partial charge in [0.25, 0.3) is 5.91 Å². The molecule has 0 saturated carbocycles. The number of hydroxylamine groups is 1. The van der Waals surface area contributed by atoms with Crippen molar-refractivity contribution in [1.82, 2.24) is 15.4 Å². The number of anilines is 1. The van der Waals surface area contributed by atoms with Crippen LogP contribution in [0.5, 0.6) is 0 Å². The molecule has 100 valence electrons. The van der Waals surface area contributed by atoms with Gasteiger partial charge in [-0.15, -0.1) is 0 Å². The Kier molecular flexibility index (Phi) is 4.27. The van der Waals surface area contributed by atoms with E-state index in [9.17, 15) is 4.79 Å². The van der Waals surface area contributed by atoms with Gasteiger partial charge >= 0.3 is 0 Å². The second-order valence-corrected chi connectivity index (χ2v) is 3.80. The standard InChI is InChI=1S/C14H12N4O2/c1-15-13-11(5-4-10-3-2-6-16-8-10)7-12(9-17-13)14(19)18-20/h2-3,6-9,20H,1H3,(H,15,17)(H,18,19). The van der Waals surface area contributed by atoms with Crippen molar-refractivity contribution < 1.29 is 10.0 Å². The zero-order valence-electron chi connectivity index (χ0n) is 10.7. The van der Waals surface area contributed by atoms with E-state index < -0.39 is 5.91 Å². The van der Waals surface area contributed by atoms with E-state index in [2.05, 4.69) is 27.1 Å². The lowest BCUT2D eigenvalue weighted by Crippen LogP contribution is -2.19. The zero-order chi connectivity index (χ0) is 14.4. The lowest BCUT2D eigenvalue weighted by molar-refractivity contribution is 0.0706. The molecule has 3 N–H and O–H groups in total. The topological polar surface area (TPSA) is 87.1 Å². The summed E-state index contributed by atoms with van der Waals surface area (Å²) in [6.45, 7) is 0. The van der Waals surface area contributed by atoms with Crippen molar-refractivity contribution in [3.8, 4) is 11.8 Å². The molecule has 0 radical (unpaired) electrons. The van der Waals surface area contributed by atoms with Gasteiger partial charge < -0.3 is 5.32 Å². The van der Waals surface area contributed by atoms with E-state index in [1.54, 1.807) is 37.1 Å². The van der Waals surface area contributed by atoms with Crippen LogP contribution in [0.25, 0.3) is 0 Å². The smallest absolute Gasteiger partial charge is 0.276 e. The quantitative estimate of drug-likeness (QED) is 0.430. The maximum absolute atomic E-state index is 11.4. The molecular weight excluding hydrogens is 256 g/mol. The number of rotatable bonds is 2. The Morgan fingerprint density at radius 3 is 2.85 bits per heavy atom. The van der Waals surface area contributed by atoms with Crippen molar-refractivity contribution >= 4 is 11.7 Å². The molecule has 1 amide bonds. The fraction of sp³-hybridized carbons (Fsp3) is 0.0714. The monoisotopic (exact) mass is 268 g/mol. The highest BCUT2D eigenvalue weighted by molar-refractivity contribution is 5.93. The first-order valence-corrected chi connectivity index (χ1v) is 5.79. The van der Waals surface area contributed by atoms with Crippen LogP contribution in [0.1, 0.15) is 21.5 Å². The van der Waals surface area contributed by atoms with Crippen LogP contribution in [-0.4, -0.2) is 28.1 Å². The highest BCUT2D eigenvalue weighted by Gasteiger charge is 2.08. The van der Waals surface area contributed by atoms with Crippen LogP contribution >= 0.6 is 0 Å². The van der Waals surface area contributed by atoms with Crippen LogP contribution in [0.3, 0.4) is 0 Å². The molecule has 0 spiro atoms. The molecule has 0 bridgehead atoms. The van der Waals surface area contributed by atoms with E-state index >= 15 is 0 Å². The molecule has 2 heterocycles. The molecule has 0 aliphatic carbocycles. The maximum Gasteiger partial charge on any atom is 0.276 e. The van der Waals surface area contributed by atoms with Crippen LogP contribution in [0.15, 0.2) is 36.8 Å². The predicted molar refractivity (Wildman–Crippen MR) is 73.3 cm³/mol. The summed E-state index contributed by atoms with van der Waals surface area (Å²) in [4.78, 5) is 19.4. The third kappa shape index (κ3) is 3.10. The van der Waals surface area contributed by atoms with Crippen molar-refractivity contribution in [1.29, 1.82) is 0 Å². The zero-order valence-corrected chi connectivity index (χ0v) is 10.7. The second kappa shape index (κ2) is 6.31. The fourth-order valence-electron chi connectivity index (χ4n) is 1.52. The lowest BCUT2D eigenvalue weighted by atomic mass is 10.1. The Hall–Kier alpha value is -2.91. The first kappa shape index (κ1) is 13.5. The summed E-state index contributed by atoms with van der Waals surface area (Å²) in [6.07, 6.45) is 4.66. The summed E-state index contributed by atoms with van der Waals surface area (Å²) in [7, 11) is 1.71. The Labute approximate surface area is 115 Å². The number of pyridine rings is 2. The normalized spacial score (nSPS) is 9.30. The summed E-state index contributed by atoms with van der Waals surface area (Å²) in [6, 6.07) is 5.17. The van der Waals surface area contributed by atoms with E-state index in [1.165, 1.54) is 6.20 Å². The molecule has 2 aromatic rings. The summed E-state index contributed by atoms with van der Waals surface area (Å²) < 4.78 is 0. The largest absolute Gasteiger partial charge is 0.372 e. The minimum Gasteiger partial charge on any atom is -0.372 e. The molecule has 6 nitrogen and oxygen atoms in total. The number of hydrogen-bond donors (Lipinski definition) is 3. The van der Waals surface area contributed by atoms with Gasteiger partial charge in [-0.2, -0.15) is 0 Å². The average molecular weight is 268 g/mol. The van der Waals surface area contributed by atoms with E-state index in [1.807, 2.05) is 6.07 Å². The van der Waals surface area contributed by atoms with Crippen molar-refractivity contribution in [3.05, 3.63) is 53.5 Å². The summed E-state index contributed by atoms with van der Waals surface area (Å²) in [5, 5.41) is 11.5. The minimum absolute atomic E-state index is 0.224. The van der Waals surface area contributed by atoms with Gasteiger partial charge in [0.1, 0.15) is 5.82 Å². The molecule has 0 atom stereocenters. The van der Waals surface area contributed by atoms with Crippen molar-refractivity contribution in [3.63, 3.8) is 0 Å². The van der Waals surface area contributed by atoms with Crippen molar-refractivity contribution in [2.24, 2.45) is 0 Å². The number of aromatic nitrogens is 2. The van der Waals surface area contributed by atoms with Gasteiger partial charge in [-0.25, -0.2) is 10.5 Å². The van der Waals surface area contributed by atoms with Crippen molar-refractivity contribution in [2.45, 2.75) is 0 Å². The van der Waals surface area contributed by atoms with Gasteiger partial charge in [0, 0.05) is 31.2 Å². The van der Waals surface area contributed by atoms with Crippen LogP contribution in [-0.2, 0) is 0 Å². The van der Waals surface area contributed by atoms with Gasteiger partial charge in [-0.3, -0.25) is 15.0 Å². The maximum atomic E-state index is 11.4. The number of carbonyl (C=O) groups excluding carboxylic acids is 1. The van der Waals surface area contributed by atoms with E-state index in [4.69, 9.17) is 5.21 Å². The fourth-order valence-corrected chi connectivity index (χ4v) is 1.52. The summed E-state index contributed by atoms with van der Waals surface area (Å²) in [5.41, 5.74) is 3.10. The van der Waals surface area contributed by atoms with Crippen LogP contribution < -0.4 is 10.8 Å². The molecule has 2 rings (SSSR count). The Bertz CT molecular complexity index is 675. The number of carbonyl (C=O) groups is 1. The van der Waals surface area contributed by atoms with E-state index in [0.717, 1.165) is 5.56 Å². The predicted octanol–water partition coefficient (Wildman–Crippen LogP) is 1.04. The molecule has 0 aliphatic rings. The van der Waals surface area contributed by atoms with Gasteiger partial charge in [0.15, 0.2) is 0 Å². The Morgan fingerprint density at radius 1 is 1.35 bits per heavy atom. The van der Waals surface area contributed by atoms with Gasteiger partial charge in [0.05, 0.1) is 11.1 Å². The third-order valence-corrected chi connectivity index (χ3v) is 2.49. The highest BCUT2D eigenvalue weighted by atomic mass is 16.5. The Balaban J connectivity index is 2.39. The second-order valence-electron chi connectivity index (χ2n) is 3.80. The van der Waals surface area contributed by atoms with Crippen LogP contribution in [0, 0.1) is 11.8 Å². The SMILES string of the molecule is CNc1ncc(C(=O)NO)cc1C#Cc1cccnc1. The molecule has 2 aromatic heterocycles. The molecule has 6 heteroatoms. The van der Waals surface area contributed by atoms with Gasteiger partial charge in [-0.05, 0) is 18.2 Å². The van der Waals surface area contributed by atoms with Crippen LogP contribution in [0.4, 0.5) is 5.82 Å². The highest BCUT2D eigenvalue weighted by Crippen LogP contribution is 2.12. The first-order valence-electron chi connectivity index (χ1n) is 5.79. The lowest BCUT2D eigenvalue weighted by Gasteiger charge is -2.04. The third-order valence-electron chi connectivity index (χ3n) is 2.49. The van der Waals surface area contributed by atoms with Gasteiger partial charge in [-0.1, -0.05) is 11.8 Å². The number of hydrogen-bond acceptors (Lipinski definition) is 5. The molecule has 0 aliphatic heterocycles. The summed E-state index contributed by atoms with van der Waals surface area (Å²) >= 11 is 0. The molecule has 0 fully saturated rings. The minimum atomic E-state index is -0.635. The van der Waals surface area contributed by atoms with Crippen molar-refractivity contribution in [2.75, 3.05) is 12.4 Å². The molecule has 20 heavy (non-hydrogen) atoms. The molecule has 0 aromatic carbocycles. The van der Waals surface area contributed by atoms with E-state index in [-0.39, 0.29) is 5.56 Å². The number of amides is 1. The summed E-state index contributed by atoms with van der Waals surface area (Å²) in [5.74, 6) is 5.77. The number of nitrogens with zero attached hydrogens (tertiary/aromatic N) is 2. The Morgan fingerprint density at radius 2 is 2.20 bits per heavy atom. The molecule has 0 unspecified atom stereocenters. The van der Waals surface area contributed by atoms with Crippen LogP contribution in [0.2, 0.25) is 0 Å². The molecule has 0 saturated heterocycles. The number of nitrogens with one attached hydrogen (secondary N) is 2. The average Bonchev–Trinajstić information content (AvgIpc) is 2.52. The first-order chi connectivity index (χ1) is 9.74. The van der Waals surface area contributed by atoms with E-state index in [0.29, 0.717) is 11.4 Å². The molecular formula is C14H12N4O2.